The van der Waals surface area contributed by atoms with Crippen LogP contribution in [-0.2, 0) is 6.54 Å². The third kappa shape index (κ3) is 3.08. The molecule has 1 aliphatic rings. The Kier molecular flexibility index (Phi) is 3.83. The molecule has 4 nitrogen and oxygen atoms in total. The monoisotopic (exact) mass is 268 g/mol. The van der Waals surface area contributed by atoms with Crippen LogP contribution < -0.4 is 10.6 Å². The zero-order chi connectivity index (χ0) is 13.8. The van der Waals surface area contributed by atoms with Crippen molar-refractivity contribution in [2.45, 2.75) is 6.54 Å². The maximum Gasteiger partial charge on any atom is 0.0368 e. The van der Waals surface area contributed by atoms with E-state index in [4.69, 9.17) is 5.73 Å². The molecular weight excluding hydrogens is 248 g/mol. The van der Waals surface area contributed by atoms with E-state index < -0.39 is 0 Å². The highest BCUT2D eigenvalue weighted by molar-refractivity contribution is 5.53. The fourth-order valence-corrected chi connectivity index (χ4v) is 2.60. The van der Waals surface area contributed by atoms with Gasteiger partial charge in [-0.05, 0) is 42.0 Å². The lowest BCUT2D eigenvalue weighted by Crippen LogP contribution is -2.45. The van der Waals surface area contributed by atoms with Crippen molar-refractivity contribution >= 4 is 11.4 Å². The molecule has 0 spiro atoms. The molecule has 20 heavy (non-hydrogen) atoms. The van der Waals surface area contributed by atoms with E-state index in [1.807, 2.05) is 24.5 Å². The van der Waals surface area contributed by atoms with Gasteiger partial charge in [-0.15, -0.1) is 0 Å². The van der Waals surface area contributed by atoms with Crippen LogP contribution in [-0.4, -0.2) is 36.1 Å². The first-order chi connectivity index (χ1) is 9.81. The van der Waals surface area contributed by atoms with Crippen molar-refractivity contribution in [2.75, 3.05) is 36.8 Å². The van der Waals surface area contributed by atoms with Gasteiger partial charge in [0.25, 0.3) is 0 Å². The standard InChI is InChI=1S/C16H20N4/c17-15-1-3-16(4-2-15)20-11-9-19(10-12-20)13-14-5-7-18-8-6-14/h1-8H,9-13,17H2. The zero-order valence-corrected chi connectivity index (χ0v) is 11.6. The van der Waals surface area contributed by atoms with Crippen LogP contribution in [0.3, 0.4) is 0 Å². The molecule has 1 aliphatic heterocycles. The number of nitrogen functional groups attached to an aromatic ring is 1. The number of hydrogen-bond acceptors (Lipinski definition) is 4. The Hall–Kier alpha value is -2.07. The SMILES string of the molecule is Nc1ccc(N2CCN(Cc3ccncc3)CC2)cc1. The lowest BCUT2D eigenvalue weighted by atomic mass is 10.2. The van der Waals surface area contributed by atoms with E-state index in [0.717, 1.165) is 38.4 Å². The van der Waals surface area contributed by atoms with Gasteiger partial charge in [0.2, 0.25) is 0 Å². The fraction of sp³-hybridized carbons (Fsp3) is 0.312. The summed E-state index contributed by atoms with van der Waals surface area (Å²) in [5.74, 6) is 0. The maximum absolute atomic E-state index is 5.73. The second kappa shape index (κ2) is 5.92. The van der Waals surface area contributed by atoms with Crippen molar-refractivity contribution in [1.29, 1.82) is 0 Å². The van der Waals surface area contributed by atoms with Crippen LogP contribution in [0.2, 0.25) is 0 Å². The quantitative estimate of drug-likeness (QED) is 0.865. The Morgan fingerprint density at radius 1 is 0.900 bits per heavy atom. The summed E-state index contributed by atoms with van der Waals surface area (Å²) in [6.45, 7) is 5.32. The number of hydrogen-bond donors (Lipinski definition) is 1. The fourth-order valence-electron chi connectivity index (χ4n) is 2.60. The van der Waals surface area contributed by atoms with Crippen molar-refractivity contribution in [3.63, 3.8) is 0 Å². The van der Waals surface area contributed by atoms with Gasteiger partial charge in [0.15, 0.2) is 0 Å². The molecule has 1 aromatic heterocycles. The van der Waals surface area contributed by atoms with Gasteiger partial charge >= 0.3 is 0 Å². The Labute approximate surface area is 119 Å². The molecule has 0 unspecified atom stereocenters. The minimum atomic E-state index is 0.824. The summed E-state index contributed by atoms with van der Waals surface area (Å²) in [7, 11) is 0. The molecular formula is C16H20N4. The second-order valence-electron chi connectivity index (χ2n) is 5.21. The number of rotatable bonds is 3. The Morgan fingerprint density at radius 3 is 2.20 bits per heavy atom. The van der Waals surface area contributed by atoms with E-state index in [1.165, 1.54) is 11.3 Å². The highest BCUT2D eigenvalue weighted by atomic mass is 15.3. The molecule has 3 rings (SSSR count). The van der Waals surface area contributed by atoms with Gasteiger partial charge in [-0.2, -0.15) is 0 Å². The van der Waals surface area contributed by atoms with Gasteiger partial charge in [0.05, 0.1) is 0 Å². The second-order valence-corrected chi connectivity index (χ2v) is 5.21. The normalized spacial score (nSPS) is 16.3. The first kappa shape index (κ1) is 12.9. The average molecular weight is 268 g/mol. The molecule has 2 N–H and O–H groups in total. The van der Waals surface area contributed by atoms with Crippen LogP contribution in [0, 0.1) is 0 Å². The maximum atomic E-state index is 5.73. The lowest BCUT2D eigenvalue weighted by Gasteiger charge is -2.36. The van der Waals surface area contributed by atoms with Crippen LogP contribution in [0.4, 0.5) is 11.4 Å². The summed E-state index contributed by atoms with van der Waals surface area (Å²) in [5, 5.41) is 0. The van der Waals surface area contributed by atoms with Crippen molar-refractivity contribution in [1.82, 2.24) is 9.88 Å². The van der Waals surface area contributed by atoms with Crippen molar-refractivity contribution in [2.24, 2.45) is 0 Å². The van der Waals surface area contributed by atoms with E-state index in [1.54, 1.807) is 0 Å². The highest BCUT2D eigenvalue weighted by Gasteiger charge is 2.17. The number of pyridine rings is 1. The first-order valence-corrected chi connectivity index (χ1v) is 7.03. The molecule has 0 aliphatic carbocycles. The van der Waals surface area contributed by atoms with Crippen molar-refractivity contribution < 1.29 is 0 Å². The number of nitrogens with zero attached hydrogens (tertiary/aromatic N) is 3. The Balaban J connectivity index is 1.55. The smallest absolute Gasteiger partial charge is 0.0368 e. The molecule has 104 valence electrons. The first-order valence-electron chi connectivity index (χ1n) is 7.03. The molecule has 4 heteroatoms. The van der Waals surface area contributed by atoms with E-state index in [0.29, 0.717) is 0 Å². The molecule has 0 radical (unpaired) electrons. The number of benzene rings is 1. The zero-order valence-electron chi connectivity index (χ0n) is 11.6. The van der Waals surface area contributed by atoms with Gasteiger partial charge in [-0.25, -0.2) is 0 Å². The molecule has 1 aromatic carbocycles. The minimum Gasteiger partial charge on any atom is -0.399 e. The highest BCUT2D eigenvalue weighted by Crippen LogP contribution is 2.18. The third-order valence-electron chi connectivity index (χ3n) is 3.79. The van der Waals surface area contributed by atoms with E-state index in [-0.39, 0.29) is 0 Å². The summed E-state index contributed by atoms with van der Waals surface area (Å²) in [6, 6.07) is 12.3. The molecule has 0 bridgehead atoms. The van der Waals surface area contributed by atoms with Crippen molar-refractivity contribution in [3.8, 4) is 0 Å². The summed E-state index contributed by atoms with van der Waals surface area (Å²) < 4.78 is 0. The third-order valence-corrected chi connectivity index (χ3v) is 3.79. The van der Waals surface area contributed by atoms with Crippen LogP contribution in [0.5, 0.6) is 0 Å². The minimum absolute atomic E-state index is 0.824. The number of piperazine rings is 1. The number of aromatic nitrogens is 1. The predicted molar refractivity (Wildman–Crippen MR) is 82.6 cm³/mol. The van der Waals surface area contributed by atoms with E-state index >= 15 is 0 Å². The molecule has 2 aromatic rings. The number of nitrogens with two attached hydrogens (primary N) is 1. The molecule has 1 saturated heterocycles. The van der Waals surface area contributed by atoms with Gasteiger partial charge in [0.1, 0.15) is 0 Å². The van der Waals surface area contributed by atoms with Crippen LogP contribution in [0.15, 0.2) is 48.8 Å². The summed E-state index contributed by atoms with van der Waals surface area (Å²) in [6.07, 6.45) is 3.72. The largest absolute Gasteiger partial charge is 0.399 e. The van der Waals surface area contributed by atoms with Crippen LogP contribution >= 0.6 is 0 Å². The lowest BCUT2D eigenvalue weighted by molar-refractivity contribution is 0.250. The van der Waals surface area contributed by atoms with E-state index in [2.05, 4.69) is 39.0 Å². The van der Waals surface area contributed by atoms with Crippen LogP contribution in [0.25, 0.3) is 0 Å². The predicted octanol–water partition coefficient (Wildman–Crippen LogP) is 1.99. The summed E-state index contributed by atoms with van der Waals surface area (Å²) in [5.41, 5.74) is 9.16. The van der Waals surface area contributed by atoms with Gasteiger partial charge in [0, 0.05) is 56.5 Å². The van der Waals surface area contributed by atoms with Crippen LogP contribution in [0.1, 0.15) is 5.56 Å². The molecule has 0 amide bonds. The molecule has 2 heterocycles. The molecule has 1 fully saturated rings. The van der Waals surface area contributed by atoms with Gasteiger partial charge < -0.3 is 10.6 Å². The number of anilines is 2. The van der Waals surface area contributed by atoms with Gasteiger partial charge in [-0.3, -0.25) is 9.88 Å². The summed E-state index contributed by atoms with van der Waals surface area (Å²) in [4.78, 5) is 8.97. The topological polar surface area (TPSA) is 45.4 Å². The Morgan fingerprint density at radius 2 is 1.55 bits per heavy atom. The van der Waals surface area contributed by atoms with E-state index in [9.17, 15) is 0 Å². The van der Waals surface area contributed by atoms with Crippen molar-refractivity contribution in [3.05, 3.63) is 54.4 Å². The summed E-state index contributed by atoms with van der Waals surface area (Å²) >= 11 is 0. The Bertz CT molecular complexity index is 530. The average Bonchev–Trinajstić information content (AvgIpc) is 2.50. The molecule has 0 saturated carbocycles. The molecule has 0 atom stereocenters. The van der Waals surface area contributed by atoms with Gasteiger partial charge in [-0.1, -0.05) is 0 Å².